The van der Waals surface area contributed by atoms with E-state index in [-0.39, 0.29) is 5.63 Å². The number of hydrogen-bond acceptors (Lipinski definition) is 2. The van der Waals surface area contributed by atoms with Crippen LogP contribution in [0.5, 0.6) is 0 Å². The second-order valence-corrected chi connectivity index (χ2v) is 2.58. The Balaban J connectivity index is 2.64. The van der Waals surface area contributed by atoms with E-state index < -0.39 is 0 Å². The van der Waals surface area contributed by atoms with Crippen molar-refractivity contribution in [3.63, 3.8) is 0 Å². The highest BCUT2D eigenvalue weighted by Crippen LogP contribution is 1.99. The second-order valence-electron chi connectivity index (χ2n) is 2.21. The molecular weight excluding hydrogens is 164 g/mol. The Morgan fingerprint density at radius 1 is 1.45 bits per heavy atom. The molecule has 0 aliphatic carbocycles. The van der Waals surface area contributed by atoms with Crippen LogP contribution in [0, 0.1) is 0 Å². The molecule has 60 valence electrons. The van der Waals surface area contributed by atoms with Gasteiger partial charge in [-0.3, -0.25) is 0 Å². The van der Waals surface area contributed by atoms with Crippen LogP contribution in [0.1, 0.15) is 12.2 Å². The highest BCUT2D eigenvalue weighted by atomic mass is 35.5. The summed E-state index contributed by atoms with van der Waals surface area (Å²) in [5.41, 5.74) is -0.294. The van der Waals surface area contributed by atoms with Crippen molar-refractivity contribution in [3.8, 4) is 0 Å². The Bertz CT molecular complexity index is 267. The highest BCUT2D eigenvalue weighted by Gasteiger charge is 1.94. The van der Waals surface area contributed by atoms with Gasteiger partial charge in [0.25, 0.3) is 0 Å². The van der Waals surface area contributed by atoms with E-state index in [1.807, 2.05) is 0 Å². The van der Waals surface area contributed by atoms with Gasteiger partial charge in [0.2, 0.25) is 0 Å². The third kappa shape index (κ3) is 2.76. The van der Waals surface area contributed by atoms with Gasteiger partial charge in [-0.15, -0.1) is 11.6 Å². The molecule has 1 heterocycles. The van der Waals surface area contributed by atoms with Gasteiger partial charge in [-0.05, 0) is 12.5 Å². The van der Waals surface area contributed by atoms with Crippen LogP contribution >= 0.6 is 11.6 Å². The fourth-order valence-corrected chi connectivity index (χ4v) is 0.940. The molecule has 1 aromatic rings. The lowest BCUT2D eigenvalue weighted by Gasteiger charge is -1.94. The Kier molecular flexibility index (Phi) is 3.17. The fourth-order valence-electron chi connectivity index (χ4n) is 0.807. The average Bonchev–Trinajstić information content (AvgIpc) is 2.01. The molecule has 1 rings (SSSR count). The number of alkyl halides is 1. The summed E-state index contributed by atoms with van der Waals surface area (Å²) in [4.78, 5) is 10.7. The van der Waals surface area contributed by atoms with Crippen molar-refractivity contribution in [2.24, 2.45) is 0 Å². The average molecular weight is 173 g/mol. The van der Waals surface area contributed by atoms with E-state index in [1.54, 1.807) is 12.1 Å². The smallest absolute Gasteiger partial charge is 0.335 e. The number of aryl methyl sites for hydroxylation is 1. The summed E-state index contributed by atoms with van der Waals surface area (Å²) in [6, 6.07) is 4.87. The van der Waals surface area contributed by atoms with Gasteiger partial charge in [0.1, 0.15) is 5.76 Å². The first-order valence-corrected chi connectivity index (χ1v) is 4.01. The van der Waals surface area contributed by atoms with Crippen molar-refractivity contribution in [2.75, 3.05) is 5.88 Å². The van der Waals surface area contributed by atoms with Crippen LogP contribution in [0.2, 0.25) is 0 Å². The van der Waals surface area contributed by atoms with E-state index in [2.05, 4.69) is 0 Å². The summed E-state index contributed by atoms with van der Waals surface area (Å²) < 4.78 is 4.87. The molecule has 0 spiro atoms. The lowest BCUT2D eigenvalue weighted by atomic mass is 10.2. The SMILES string of the molecule is O=c1cccc(CCCCl)o1. The van der Waals surface area contributed by atoms with Gasteiger partial charge in [-0.2, -0.15) is 0 Å². The minimum Gasteiger partial charge on any atom is -0.428 e. The van der Waals surface area contributed by atoms with Crippen molar-refractivity contribution in [3.05, 3.63) is 34.4 Å². The summed E-state index contributed by atoms with van der Waals surface area (Å²) in [6.45, 7) is 0. The van der Waals surface area contributed by atoms with Crippen LogP contribution in [0.3, 0.4) is 0 Å². The van der Waals surface area contributed by atoms with E-state index in [0.717, 1.165) is 12.8 Å². The first-order chi connectivity index (χ1) is 5.33. The molecule has 0 aliphatic heterocycles. The second kappa shape index (κ2) is 4.19. The standard InChI is InChI=1S/C8H9ClO2/c9-6-2-4-7-3-1-5-8(10)11-7/h1,3,5H,2,4,6H2. The maximum Gasteiger partial charge on any atom is 0.335 e. The van der Waals surface area contributed by atoms with Crippen molar-refractivity contribution in [1.29, 1.82) is 0 Å². The Labute approximate surface area is 69.8 Å². The van der Waals surface area contributed by atoms with E-state index in [1.165, 1.54) is 6.07 Å². The van der Waals surface area contributed by atoms with E-state index in [9.17, 15) is 4.79 Å². The molecule has 11 heavy (non-hydrogen) atoms. The Morgan fingerprint density at radius 2 is 2.27 bits per heavy atom. The molecular formula is C8H9ClO2. The third-order valence-corrected chi connectivity index (χ3v) is 1.57. The summed E-state index contributed by atoms with van der Waals surface area (Å²) in [6.07, 6.45) is 1.58. The molecule has 0 fully saturated rings. The van der Waals surface area contributed by atoms with Crippen LogP contribution in [0.4, 0.5) is 0 Å². The van der Waals surface area contributed by atoms with Crippen LogP contribution in [-0.4, -0.2) is 5.88 Å². The first-order valence-electron chi connectivity index (χ1n) is 3.48. The number of hydrogen-bond donors (Lipinski definition) is 0. The van der Waals surface area contributed by atoms with Crippen molar-refractivity contribution in [1.82, 2.24) is 0 Å². The fraction of sp³-hybridized carbons (Fsp3) is 0.375. The molecule has 0 atom stereocenters. The minimum atomic E-state index is -0.294. The summed E-state index contributed by atoms with van der Waals surface area (Å²) >= 11 is 5.47. The highest BCUT2D eigenvalue weighted by molar-refractivity contribution is 6.17. The third-order valence-electron chi connectivity index (χ3n) is 1.30. The van der Waals surface area contributed by atoms with Gasteiger partial charge >= 0.3 is 5.63 Å². The molecule has 0 saturated carbocycles. The van der Waals surface area contributed by atoms with Crippen LogP contribution in [-0.2, 0) is 6.42 Å². The predicted octanol–water partition coefficient (Wildman–Crippen LogP) is 1.81. The molecule has 0 radical (unpaired) electrons. The maximum absolute atomic E-state index is 10.7. The zero-order valence-electron chi connectivity index (χ0n) is 6.05. The molecule has 2 nitrogen and oxygen atoms in total. The van der Waals surface area contributed by atoms with E-state index in [0.29, 0.717) is 11.6 Å². The van der Waals surface area contributed by atoms with Gasteiger partial charge in [0.05, 0.1) is 0 Å². The molecule has 1 aromatic heterocycles. The van der Waals surface area contributed by atoms with Crippen LogP contribution in [0.15, 0.2) is 27.4 Å². The number of rotatable bonds is 3. The summed E-state index contributed by atoms with van der Waals surface area (Å²) in [7, 11) is 0. The zero-order chi connectivity index (χ0) is 8.10. The Hall–Kier alpha value is -0.760. The Morgan fingerprint density at radius 3 is 2.91 bits per heavy atom. The molecule has 0 N–H and O–H groups in total. The molecule has 0 saturated heterocycles. The van der Waals surface area contributed by atoms with E-state index in [4.69, 9.17) is 16.0 Å². The molecule has 0 unspecified atom stereocenters. The van der Waals surface area contributed by atoms with Crippen molar-refractivity contribution < 1.29 is 4.42 Å². The van der Waals surface area contributed by atoms with Crippen molar-refractivity contribution >= 4 is 11.6 Å². The lowest BCUT2D eigenvalue weighted by molar-refractivity contribution is 0.457. The molecule has 3 heteroatoms. The van der Waals surface area contributed by atoms with Gasteiger partial charge in [-0.25, -0.2) is 4.79 Å². The van der Waals surface area contributed by atoms with Gasteiger partial charge in [-0.1, -0.05) is 6.07 Å². The molecule has 0 aliphatic rings. The quantitative estimate of drug-likeness (QED) is 0.651. The van der Waals surface area contributed by atoms with Gasteiger partial charge < -0.3 is 4.42 Å². The van der Waals surface area contributed by atoms with Crippen molar-refractivity contribution in [2.45, 2.75) is 12.8 Å². The molecule has 0 amide bonds. The predicted molar refractivity (Wildman–Crippen MR) is 44.0 cm³/mol. The van der Waals surface area contributed by atoms with Crippen LogP contribution < -0.4 is 5.63 Å². The first kappa shape index (κ1) is 8.34. The normalized spacial score (nSPS) is 9.91. The monoisotopic (exact) mass is 172 g/mol. The van der Waals surface area contributed by atoms with Gasteiger partial charge in [0, 0.05) is 18.4 Å². The lowest BCUT2D eigenvalue weighted by Crippen LogP contribution is -1.98. The molecule has 0 aromatic carbocycles. The topological polar surface area (TPSA) is 30.2 Å². The van der Waals surface area contributed by atoms with Crippen LogP contribution in [0.25, 0.3) is 0 Å². The summed E-state index contributed by atoms with van der Waals surface area (Å²) in [5.74, 6) is 1.30. The zero-order valence-corrected chi connectivity index (χ0v) is 6.80. The minimum absolute atomic E-state index is 0.294. The largest absolute Gasteiger partial charge is 0.428 e. The molecule has 0 bridgehead atoms. The van der Waals surface area contributed by atoms with Gasteiger partial charge in [0.15, 0.2) is 0 Å². The van der Waals surface area contributed by atoms with E-state index >= 15 is 0 Å². The maximum atomic E-state index is 10.7. The number of halogens is 1. The summed E-state index contributed by atoms with van der Waals surface area (Å²) in [5, 5.41) is 0.